The molecule has 0 radical (unpaired) electrons. The number of methoxy groups -OCH3 is 1. The summed E-state index contributed by atoms with van der Waals surface area (Å²) >= 11 is 1.63. The van der Waals surface area contributed by atoms with Gasteiger partial charge in [0.05, 0.1) is 12.3 Å². The minimum atomic E-state index is -2.49. The zero-order valence-electron chi connectivity index (χ0n) is 15.9. The molecule has 0 amide bonds. The number of aryl methyl sites for hydroxylation is 1. The van der Waals surface area contributed by atoms with E-state index in [1.807, 2.05) is 6.92 Å². The molecule has 144 valence electrons. The first-order chi connectivity index (χ1) is 12.2. The molecule has 1 aliphatic carbocycles. The van der Waals surface area contributed by atoms with Gasteiger partial charge in [0.2, 0.25) is 5.92 Å². The van der Waals surface area contributed by atoms with Crippen LogP contribution in [0.3, 0.4) is 0 Å². The molecule has 0 atom stereocenters. The molecule has 0 aromatic carbocycles. The molecule has 1 fully saturated rings. The highest BCUT2D eigenvalue weighted by Gasteiger charge is 2.36. The lowest BCUT2D eigenvalue weighted by atomic mass is 9.86. The number of aromatic nitrogens is 2. The predicted molar refractivity (Wildman–Crippen MR) is 101 cm³/mol. The maximum atomic E-state index is 13.5. The Morgan fingerprint density at radius 3 is 2.65 bits per heavy atom. The summed E-state index contributed by atoms with van der Waals surface area (Å²) in [6, 6.07) is 2.12. The number of alkyl halides is 2. The average molecular weight is 384 g/mol. The van der Waals surface area contributed by atoms with Gasteiger partial charge in [-0.05, 0) is 45.6 Å². The molecule has 0 bridgehead atoms. The van der Waals surface area contributed by atoms with Gasteiger partial charge in [0.1, 0.15) is 10.7 Å². The first-order valence-corrected chi connectivity index (χ1v) is 9.89. The van der Waals surface area contributed by atoms with Crippen LogP contribution in [0.5, 0.6) is 0 Å². The van der Waals surface area contributed by atoms with Crippen LogP contribution in [0.1, 0.15) is 61.8 Å². The van der Waals surface area contributed by atoms with Crippen LogP contribution < -0.4 is 5.32 Å². The topological polar surface area (TPSA) is 47.0 Å². The lowest BCUT2D eigenvalue weighted by Gasteiger charge is -2.27. The second-order valence-corrected chi connectivity index (χ2v) is 8.95. The highest BCUT2D eigenvalue weighted by Crippen LogP contribution is 2.44. The van der Waals surface area contributed by atoms with Gasteiger partial charge >= 0.3 is 0 Å². The molecule has 0 spiro atoms. The van der Waals surface area contributed by atoms with E-state index in [-0.39, 0.29) is 24.3 Å². The predicted octanol–water partition coefficient (Wildman–Crippen LogP) is 4.81. The third kappa shape index (κ3) is 4.56. The number of halogens is 2. The number of ether oxygens (including phenoxy) is 1. The van der Waals surface area contributed by atoms with Crippen LogP contribution in [0.15, 0.2) is 6.07 Å². The molecular formula is C19H27F2N3OS. The van der Waals surface area contributed by atoms with Crippen molar-refractivity contribution >= 4 is 21.6 Å². The fraction of sp³-hybridized carbons (Fsp3) is 0.684. The van der Waals surface area contributed by atoms with Gasteiger partial charge in [-0.15, -0.1) is 11.3 Å². The van der Waals surface area contributed by atoms with Crippen molar-refractivity contribution in [2.75, 3.05) is 13.7 Å². The maximum Gasteiger partial charge on any atom is 0.248 e. The number of rotatable bonds is 6. The standard InChI is InChI=1S/C19H27F2N3OS/c1-12-23-15(10-22-18(2,3)11-25-4)14-9-16(26-17(14)24-12)13-5-7-19(20,21)8-6-13/h9,13,22H,5-8,10-11H2,1-4H3. The lowest BCUT2D eigenvalue weighted by molar-refractivity contribution is -0.0379. The summed E-state index contributed by atoms with van der Waals surface area (Å²) < 4.78 is 32.2. The second-order valence-electron chi connectivity index (χ2n) is 7.89. The van der Waals surface area contributed by atoms with Crippen LogP contribution in [0.2, 0.25) is 0 Å². The number of hydrogen-bond donors (Lipinski definition) is 1. The average Bonchev–Trinajstić information content (AvgIpc) is 2.96. The maximum absolute atomic E-state index is 13.5. The molecule has 7 heteroatoms. The van der Waals surface area contributed by atoms with Gasteiger partial charge in [0.25, 0.3) is 0 Å². The lowest BCUT2D eigenvalue weighted by Crippen LogP contribution is -2.42. The Hall–Kier alpha value is -1.18. The fourth-order valence-electron chi connectivity index (χ4n) is 3.51. The van der Waals surface area contributed by atoms with E-state index in [0.717, 1.165) is 26.6 Å². The minimum Gasteiger partial charge on any atom is -0.383 e. The first-order valence-electron chi connectivity index (χ1n) is 9.08. The molecule has 26 heavy (non-hydrogen) atoms. The molecular weight excluding hydrogens is 356 g/mol. The molecule has 0 unspecified atom stereocenters. The SMILES string of the molecule is COCC(C)(C)NCc1nc(C)nc2sc(C3CCC(F)(F)CC3)cc12. The summed E-state index contributed by atoms with van der Waals surface area (Å²) in [7, 11) is 1.69. The van der Waals surface area contributed by atoms with Crippen LogP contribution >= 0.6 is 11.3 Å². The largest absolute Gasteiger partial charge is 0.383 e. The van der Waals surface area contributed by atoms with Crippen LogP contribution in [-0.2, 0) is 11.3 Å². The summed E-state index contributed by atoms with van der Waals surface area (Å²) in [5.74, 6) is -1.55. The molecule has 4 nitrogen and oxygen atoms in total. The Morgan fingerprint density at radius 2 is 2.00 bits per heavy atom. The normalized spacial score (nSPS) is 18.5. The van der Waals surface area contributed by atoms with Crippen molar-refractivity contribution < 1.29 is 13.5 Å². The van der Waals surface area contributed by atoms with E-state index in [2.05, 4.69) is 35.2 Å². The molecule has 1 N–H and O–H groups in total. The van der Waals surface area contributed by atoms with E-state index in [0.29, 0.717) is 26.0 Å². The molecule has 2 heterocycles. The zero-order valence-corrected chi connectivity index (χ0v) is 16.7. The number of nitrogens with one attached hydrogen (secondary N) is 1. The van der Waals surface area contributed by atoms with Gasteiger partial charge in [-0.2, -0.15) is 0 Å². The molecule has 0 saturated heterocycles. The van der Waals surface area contributed by atoms with Crippen molar-refractivity contribution in [1.29, 1.82) is 0 Å². The van der Waals surface area contributed by atoms with Crippen molar-refractivity contribution in [2.24, 2.45) is 0 Å². The molecule has 2 aromatic rings. The summed E-state index contributed by atoms with van der Waals surface area (Å²) in [6.45, 7) is 7.29. The Morgan fingerprint density at radius 1 is 1.31 bits per heavy atom. The highest BCUT2D eigenvalue weighted by atomic mass is 32.1. The van der Waals surface area contributed by atoms with Gasteiger partial charge in [-0.1, -0.05) is 0 Å². The van der Waals surface area contributed by atoms with Crippen LogP contribution in [0.25, 0.3) is 10.2 Å². The van der Waals surface area contributed by atoms with Crippen LogP contribution in [0.4, 0.5) is 8.78 Å². The van der Waals surface area contributed by atoms with E-state index in [1.54, 1.807) is 18.4 Å². The quantitative estimate of drug-likeness (QED) is 0.778. The van der Waals surface area contributed by atoms with E-state index in [4.69, 9.17) is 4.74 Å². The fourth-order valence-corrected chi connectivity index (χ4v) is 4.78. The Bertz CT molecular complexity index is 765. The van der Waals surface area contributed by atoms with E-state index >= 15 is 0 Å². The summed E-state index contributed by atoms with van der Waals surface area (Å²) in [4.78, 5) is 11.3. The van der Waals surface area contributed by atoms with Gasteiger partial charge < -0.3 is 10.1 Å². The number of nitrogens with zero attached hydrogens (tertiary/aromatic N) is 2. The van der Waals surface area contributed by atoms with Gasteiger partial charge in [-0.3, -0.25) is 0 Å². The smallest absolute Gasteiger partial charge is 0.248 e. The molecule has 3 rings (SSSR count). The third-order valence-electron chi connectivity index (χ3n) is 4.96. The van der Waals surface area contributed by atoms with Crippen molar-refractivity contribution in [1.82, 2.24) is 15.3 Å². The highest BCUT2D eigenvalue weighted by molar-refractivity contribution is 7.18. The van der Waals surface area contributed by atoms with Crippen molar-refractivity contribution in [2.45, 2.75) is 70.4 Å². The van der Waals surface area contributed by atoms with Crippen molar-refractivity contribution in [3.63, 3.8) is 0 Å². The number of thiophene rings is 1. The minimum absolute atomic E-state index is 0.0176. The Kier molecular flexibility index (Phi) is 5.61. The van der Waals surface area contributed by atoms with Crippen molar-refractivity contribution in [3.05, 3.63) is 22.5 Å². The molecule has 1 saturated carbocycles. The van der Waals surface area contributed by atoms with E-state index in [9.17, 15) is 8.78 Å². The van der Waals surface area contributed by atoms with E-state index < -0.39 is 5.92 Å². The van der Waals surface area contributed by atoms with Crippen LogP contribution in [-0.4, -0.2) is 35.1 Å². The summed E-state index contributed by atoms with van der Waals surface area (Å²) in [5.41, 5.74) is 0.800. The van der Waals surface area contributed by atoms with Gasteiger partial charge in [0, 0.05) is 42.3 Å². The molecule has 2 aromatic heterocycles. The third-order valence-corrected chi connectivity index (χ3v) is 6.15. The Balaban J connectivity index is 1.82. The molecule has 1 aliphatic rings. The van der Waals surface area contributed by atoms with Crippen LogP contribution in [0, 0.1) is 6.92 Å². The zero-order chi connectivity index (χ0) is 18.9. The first kappa shape index (κ1) is 19.6. The number of fused-ring (bicyclic) bond motifs is 1. The van der Waals surface area contributed by atoms with E-state index in [1.165, 1.54) is 0 Å². The number of hydrogen-bond acceptors (Lipinski definition) is 5. The summed E-state index contributed by atoms with van der Waals surface area (Å²) in [5, 5.41) is 4.52. The van der Waals surface area contributed by atoms with Crippen molar-refractivity contribution in [3.8, 4) is 0 Å². The van der Waals surface area contributed by atoms with Gasteiger partial charge in [-0.25, -0.2) is 18.7 Å². The monoisotopic (exact) mass is 383 g/mol. The summed E-state index contributed by atoms with van der Waals surface area (Å²) in [6.07, 6.45) is 1.05. The second kappa shape index (κ2) is 7.44. The van der Waals surface area contributed by atoms with Gasteiger partial charge in [0.15, 0.2) is 0 Å². The molecule has 0 aliphatic heterocycles. The Labute approximate surface area is 157 Å².